The van der Waals surface area contributed by atoms with Crippen molar-refractivity contribution in [2.45, 2.75) is 19.0 Å². The zero-order valence-electron chi connectivity index (χ0n) is 12.2. The number of rotatable bonds is 6. The summed E-state index contributed by atoms with van der Waals surface area (Å²) in [7, 11) is 0. The third-order valence-electron chi connectivity index (χ3n) is 3.00. The van der Waals surface area contributed by atoms with Gasteiger partial charge in [0.05, 0.1) is 18.0 Å². The van der Waals surface area contributed by atoms with Crippen molar-refractivity contribution in [1.29, 1.82) is 0 Å². The molecule has 0 aliphatic carbocycles. The number of aliphatic hydroxyl groups excluding tert-OH is 1. The van der Waals surface area contributed by atoms with Gasteiger partial charge in [-0.2, -0.15) is 0 Å². The van der Waals surface area contributed by atoms with Gasteiger partial charge in [0, 0.05) is 18.9 Å². The summed E-state index contributed by atoms with van der Waals surface area (Å²) in [5.41, 5.74) is 3.41. The topological polar surface area (TPSA) is 67.2 Å². The van der Waals surface area contributed by atoms with Crippen LogP contribution in [-0.4, -0.2) is 39.5 Å². The van der Waals surface area contributed by atoms with E-state index in [0.29, 0.717) is 0 Å². The molecule has 1 aromatic carbocycles. The molecule has 6 heteroatoms. The molecule has 0 fully saturated rings. The molecule has 0 atom stereocenters. The van der Waals surface area contributed by atoms with Crippen molar-refractivity contribution in [3.05, 3.63) is 41.7 Å². The Kier molecular flexibility index (Phi) is 5.41. The molecule has 2 N–H and O–H groups in total. The van der Waals surface area contributed by atoms with E-state index in [-0.39, 0.29) is 24.8 Å². The summed E-state index contributed by atoms with van der Waals surface area (Å²) >= 11 is 1.38. The smallest absolute Gasteiger partial charge is 0.230 e. The summed E-state index contributed by atoms with van der Waals surface area (Å²) in [5, 5.41) is 12.1. The fourth-order valence-corrected chi connectivity index (χ4v) is 2.73. The van der Waals surface area contributed by atoms with Crippen molar-refractivity contribution >= 4 is 17.7 Å². The van der Waals surface area contributed by atoms with Gasteiger partial charge in [0.15, 0.2) is 5.16 Å². The largest absolute Gasteiger partial charge is 0.395 e. The van der Waals surface area contributed by atoms with Gasteiger partial charge in [-0.25, -0.2) is 4.98 Å². The normalized spacial score (nSPS) is 10.6. The van der Waals surface area contributed by atoms with Crippen molar-refractivity contribution in [3.63, 3.8) is 0 Å². The number of imidazole rings is 1. The Morgan fingerprint density at radius 3 is 3.00 bits per heavy atom. The molecule has 1 amide bonds. The van der Waals surface area contributed by atoms with E-state index in [2.05, 4.69) is 42.3 Å². The minimum atomic E-state index is -0.107. The number of hydrogen-bond acceptors (Lipinski definition) is 4. The molecule has 1 aromatic heterocycles. The van der Waals surface area contributed by atoms with Gasteiger partial charge in [-0.3, -0.25) is 9.36 Å². The highest BCUT2D eigenvalue weighted by molar-refractivity contribution is 7.99. The molecule has 112 valence electrons. The van der Waals surface area contributed by atoms with Crippen molar-refractivity contribution in [2.24, 2.45) is 0 Å². The second-order valence-corrected chi connectivity index (χ2v) is 5.67. The molecule has 5 nitrogen and oxygen atoms in total. The second-order valence-electron chi connectivity index (χ2n) is 4.73. The monoisotopic (exact) mass is 305 g/mol. The molecule has 0 aliphatic heterocycles. The lowest BCUT2D eigenvalue weighted by atomic mass is 10.1. The van der Waals surface area contributed by atoms with Crippen molar-refractivity contribution in [3.8, 4) is 5.69 Å². The first-order valence-corrected chi connectivity index (χ1v) is 7.71. The lowest BCUT2D eigenvalue weighted by Crippen LogP contribution is -2.28. The molecule has 1 heterocycles. The average Bonchev–Trinajstić information content (AvgIpc) is 2.93. The predicted octanol–water partition coefficient (Wildman–Crippen LogP) is 1.69. The summed E-state index contributed by atoms with van der Waals surface area (Å²) in [6, 6.07) is 6.25. The number of carbonyl (C=O) groups is 1. The molecule has 21 heavy (non-hydrogen) atoms. The molecular weight excluding hydrogens is 286 g/mol. The van der Waals surface area contributed by atoms with E-state index in [0.717, 1.165) is 16.4 Å². The molecule has 0 bridgehead atoms. The van der Waals surface area contributed by atoms with Crippen LogP contribution in [0.3, 0.4) is 0 Å². The van der Waals surface area contributed by atoms with E-state index in [1.165, 1.54) is 17.3 Å². The van der Waals surface area contributed by atoms with Crippen LogP contribution in [0.5, 0.6) is 0 Å². The van der Waals surface area contributed by atoms with E-state index in [1.807, 2.05) is 10.8 Å². The van der Waals surface area contributed by atoms with Crippen LogP contribution in [0.2, 0.25) is 0 Å². The minimum absolute atomic E-state index is 0.0481. The van der Waals surface area contributed by atoms with Crippen molar-refractivity contribution in [1.82, 2.24) is 14.9 Å². The Morgan fingerprint density at radius 2 is 2.24 bits per heavy atom. The Labute approximate surface area is 128 Å². The number of amides is 1. The van der Waals surface area contributed by atoms with E-state index in [4.69, 9.17) is 5.11 Å². The number of nitrogens with zero attached hydrogens (tertiary/aromatic N) is 2. The van der Waals surface area contributed by atoms with Crippen LogP contribution in [0.1, 0.15) is 11.1 Å². The Hall–Kier alpha value is -1.79. The van der Waals surface area contributed by atoms with E-state index in [1.54, 1.807) is 6.20 Å². The lowest BCUT2D eigenvalue weighted by Gasteiger charge is -2.11. The maximum absolute atomic E-state index is 11.6. The van der Waals surface area contributed by atoms with Crippen LogP contribution >= 0.6 is 11.8 Å². The van der Waals surface area contributed by atoms with Gasteiger partial charge >= 0.3 is 0 Å². The Morgan fingerprint density at radius 1 is 1.43 bits per heavy atom. The van der Waals surface area contributed by atoms with Crippen LogP contribution in [-0.2, 0) is 4.79 Å². The van der Waals surface area contributed by atoms with Crippen LogP contribution in [0, 0.1) is 13.8 Å². The van der Waals surface area contributed by atoms with Gasteiger partial charge in [-0.15, -0.1) is 0 Å². The first kappa shape index (κ1) is 15.6. The lowest BCUT2D eigenvalue weighted by molar-refractivity contribution is -0.118. The number of hydrogen-bond donors (Lipinski definition) is 2. The number of nitrogens with one attached hydrogen (secondary N) is 1. The zero-order chi connectivity index (χ0) is 15.2. The number of aromatic nitrogens is 2. The van der Waals surface area contributed by atoms with Gasteiger partial charge in [-0.1, -0.05) is 23.9 Å². The molecular formula is C15H19N3O2S. The molecule has 2 aromatic rings. The van der Waals surface area contributed by atoms with Gasteiger partial charge in [0.25, 0.3) is 0 Å². The first-order chi connectivity index (χ1) is 10.1. The number of carbonyl (C=O) groups excluding carboxylic acids is 1. The highest BCUT2D eigenvalue weighted by atomic mass is 32.2. The maximum Gasteiger partial charge on any atom is 0.230 e. The molecule has 0 spiro atoms. The van der Waals surface area contributed by atoms with E-state index in [9.17, 15) is 4.79 Å². The number of aryl methyl sites for hydroxylation is 2. The number of aliphatic hydroxyl groups is 1. The fraction of sp³-hybridized carbons (Fsp3) is 0.333. The Balaban J connectivity index is 2.12. The summed E-state index contributed by atoms with van der Waals surface area (Å²) in [6.45, 7) is 4.34. The first-order valence-electron chi connectivity index (χ1n) is 6.73. The van der Waals surface area contributed by atoms with Crippen LogP contribution in [0.25, 0.3) is 5.69 Å². The van der Waals surface area contributed by atoms with Crippen LogP contribution in [0.4, 0.5) is 0 Å². The minimum Gasteiger partial charge on any atom is -0.395 e. The fourth-order valence-electron chi connectivity index (χ4n) is 1.94. The predicted molar refractivity (Wildman–Crippen MR) is 83.9 cm³/mol. The quantitative estimate of drug-likeness (QED) is 0.797. The van der Waals surface area contributed by atoms with Gasteiger partial charge in [0.2, 0.25) is 5.91 Å². The summed E-state index contributed by atoms with van der Waals surface area (Å²) in [6.07, 6.45) is 3.63. The van der Waals surface area contributed by atoms with Crippen LogP contribution in [0.15, 0.2) is 35.7 Å². The number of thioether (sulfide) groups is 1. The SMILES string of the molecule is Cc1ccc(C)c(-n2ccnc2SCC(=O)NCCO)c1. The highest BCUT2D eigenvalue weighted by Gasteiger charge is 2.10. The zero-order valence-corrected chi connectivity index (χ0v) is 13.0. The highest BCUT2D eigenvalue weighted by Crippen LogP contribution is 2.23. The van der Waals surface area contributed by atoms with E-state index >= 15 is 0 Å². The standard InChI is InChI=1S/C15H19N3O2S/c1-11-3-4-12(2)13(9-11)18-7-5-17-15(18)21-10-14(20)16-6-8-19/h3-5,7,9,19H,6,8,10H2,1-2H3,(H,16,20). The average molecular weight is 305 g/mol. The second kappa shape index (κ2) is 7.28. The molecule has 0 unspecified atom stereocenters. The summed E-state index contributed by atoms with van der Waals surface area (Å²) in [4.78, 5) is 15.9. The molecule has 0 saturated carbocycles. The van der Waals surface area contributed by atoms with Gasteiger partial charge in [-0.05, 0) is 31.0 Å². The molecule has 0 saturated heterocycles. The third kappa shape index (κ3) is 4.09. The summed E-state index contributed by atoms with van der Waals surface area (Å²) < 4.78 is 1.99. The summed E-state index contributed by atoms with van der Waals surface area (Å²) in [5.74, 6) is 0.173. The third-order valence-corrected chi connectivity index (χ3v) is 3.96. The number of benzene rings is 1. The molecule has 0 radical (unpaired) electrons. The van der Waals surface area contributed by atoms with E-state index < -0.39 is 0 Å². The van der Waals surface area contributed by atoms with Crippen LogP contribution < -0.4 is 5.32 Å². The van der Waals surface area contributed by atoms with Gasteiger partial charge in [0.1, 0.15) is 0 Å². The van der Waals surface area contributed by atoms with Gasteiger partial charge < -0.3 is 10.4 Å². The Bertz CT molecular complexity index is 625. The maximum atomic E-state index is 11.6. The molecule has 0 aliphatic rings. The van der Waals surface area contributed by atoms with Crippen molar-refractivity contribution in [2.75, 3.05) is 18.9 Å². The van der Waals surface area contributed by atoms with Crippen molar-refractivity contribution < 1.29 is 9.90 Å². The molecule has 2 rings (SSSR count).